The van der Waals surface area contributed by atoms with Gasteiger partial charge in [0.25, 0.3) is 5.91 Å². The summed E-state index contributed by atoms with van der Waals surface area (Å²) in [6.07, 6.45) is 1.63. The third-order valence-electron chi connectivity index (χ3n) is 4.04. The molecule has 0 bridgehead atoms. The van der Waals surface area contributed by atoms with Gasteiger partial charge in [0, 0.05) is 22.3 Å². The number of methoxy groups -OCH3 is 1. The number of carbonyl (C=O) groups excluding carboxylic acids is 2. The van der Waals surface area contributed by atoms with Gasteiger partial charge < -0.3 is 15.4 Å². The van der Waals surface area contributed by atoms with Crippen LogP contribution in [0.1, 0.15) is 17.3 Å². The van der Waals surface area contributed by atoms with Crippen LogP contribution in [0.2, 0.25) is 0 Å². The van der Waals surface area contributed by atoms with Crippen LogP contribution in [0.5, 0.6) is 5.75 Å². The van der Waals surface area contributed by atoms with E-state index in [1.54, 1.807) is 49.7 Å². The highest BCUT2D eigenvalue weighted by molar-refractivity contribution is 8.00. The average Bonchev–Trinajstić information content (AvgIpc) is 2.75. The molecule has 1 atom stereocenters. The van der Waals surface area contributed by atoms with E-state index in [9.17, 15) is 9.59 Å². The summed E-state index contributed by atoms with van der Waals surface area (Å²) in [7, 11) is 1.56. The van der Waals surface area contributed by atoms with E-state index in [1.165, 1.54) is 11.8 Å². The van der Waals surface area contributed by atoms with Crippen LogP contribution in [0.15, 0.2) is 77.8 Å². The Morgan fingerprint density at radius 2 is 1.79 bits per heavy atom. The van der Waals surface area contributed by atoms with E-state index in [-0.39, 0.29) is 17.1 Å². The second kappa shape index (κ2) is 9.75. The number of carbonyl (C=O) groups is 2. The Labute approximate surface area is 173 Å². The molecule has 2 aromatic carbocycles. The minimum Gasteiger partial charge on any atom is -0.497 e. The molecule has 148 valence electrons. The molecular weight excluding hydrogens is 386 g/mol. The second-order valence-electron chi connectivity index (χ2n) is 6.17. The number of thioether (sulfide) groups is 1. The Balaban J connectivity index is 1.56. The van der Waals surface area contributed by atoms with Crippen LogP contribution in [-0.4, -0.2) is 29.2 Å². The fraction of sp³-hybridized carbons (Fsp3) is 0.136. The molecule has 0 aliphatic carbocycles. The first kappa shape index (κ1) is 20.4. The van der Waals surface area contributed by atoms with E-state index in [4.69, 9.17) is 4.74 Å². The van der Waals surface area contributed by atoms with Gasteiger partial charge in [0.2, 0.25) is 5.91 Å². The fourth-order valence-corrected chi connectivity index (χ4v) is 3.37. The SMILES string of the molecule is COc1cccc(C(=O)Nc2ccc(SC(C)C(=O)Nc3ccccn3)cc2)c1. The van der Waals surface area contributed by atoms with Crippen molar-refractivity contribution in [2.75, 3.05) is 17.7 Å². The second-order valence-corrected chi connectivity index (χ2v) is 7.59. The van der Waals surface area contributed by atoms with Gasteiger partial charge in [0.05, 0.1) is 12.4 Å². The Morgan fingerprint density at radius 3 is 2.48 bits per heavy atom. The maximum Gasteiger partial charge on any atom is 0.255 e. The zero-order chi connectivity index (χ0) is 20.6. The molecule has 0 saturated carbocycles. The van der Waals surface area contributed by atoms with Crippen molar-refractivity contribution in [3.63, 3.8) is 0 Å². The van der Waals surface area contributed by atoms with Crippen LogP contribution in [0.25, 0.3) is 0 Å². The summed E-state index contributed by atoms with van der Waals surface area (Å²) in [5, 5.41) is 5.35. The summed E-state index contributed by atoms with van der Waals surface area (Å²) >= 11 is 1.43. The molecule has 0 saturated heterocycles. The highest BCUT2D eigenvalue weighted by Crippen LogP contribution is 2.26. The maximum absolute atomic E-state index is 12.4. The average molecular weight is 407 g/mol. The summed E-state index contributed by atoms with van der Waals surface area (Å²) < 4.78 is 5.15. The summed E-state index contributed by atoms with van der Waals surface area (Å²) in [6, 6.07) is 19.7. The predicted molar refractivity (Wildman–Crippen MR) is 116 cm³/mol. The molecular formula is C22H21N3O3S. The highest BCUT2D eigenvalue weighted by Gasteiger charge is 2.15. The number of anilines is 2. The van der Waals surface area contributed by atoms with Crippen molar-refractivity contribution in [1.29, 1.82) is 0 Å². The topological polar surface area (TPSA) is 80.3 Å². The largest absolute Gasteiger partial charge is 0.497 e. The molecule has 0 aliphatic rings. The summed E-state index contributed by atoms with van der Waals surface area (Å²) in [5.41, 5.74) is 1.19. The van der Waals surface area contributed by atoms with Crippen molar-refractivity contribution < 1.29 is 14.3 Å². The van der Waals surface area contributed by atoms with E-state index in [0.29, 0.717) is 22.8 Å². The molecule has 2 N–H and O–H groups in total. The number of nitrogens with zero attached hydrogens (tertiary/aromatic N) is 1. The first-order valence-electron chi connectivity index (χ1n) is 8.99. The Morgan fingerprint density at radius 1 is 1.00 bits per heavy atom. The normalized spacial score (nSPS) is 11.4. The molecule has 6 nitrogen and oxygen atoms in total. The smallest absolute Gasteiger partial charge is 0.255 e. The first-order valence-corrected chi connectivity index (χ1v) is 9.87. The molecule has 1 heterocycles. The van der Waals surface area contributed by atoms with Crippen molar-refractivity contribution in [2.24, 2.45) is 0 Å². The summed E-state index contributed by atoms with van der Waals surface area (Å²) in [6.45, 7) is 1.83. The fourth-order valence-electron chi connectivity index (χ4n) is 2.51. The molecule has 0 fully saturated rings. The molecule has 7 heteroatoms. The van der Waals surface area contributed by atoms with E-state index >= 15 is 0 Å². The number of rotatable bonds is 7. The van der Waals surface area contributed by atoms with E-state index in [2.05, 4.69) is 15.6 Å². The van der Waals surface area contributed by atoms with Crippen molar-refractivity contribution in [3.8, 4) is 5.75 Å². The molecule has 3 aromatic rings. The van der Waals surface area contributed by atoms with Gasteiger partial charge in [-0.1, -0.05) is 12.1 Å². The Hall–Kier alpha value is -3.32. The van der Waals surface area contributed by atoms with Crippen molar-refractivity contribution in [2.45, 2.75) is 17.1 Å². The van der Waals surface area contributed by atoms with Gasteiger partial charge in [0.15, 0.2) is 0 Å². The minimum absolute atomic E-state index is 0.121. The van der Waals surface area contributed by atoms with Crippen LogP contribution in [0.3, 0.4) is 0 Å². The van der Waals surface area contributed by atoms with Gasteiger partial charge in [-0.2, -0.15) is 0 Å². The number of nitrogens with one attached hydrogen (secondary N) is 2. The minimum atomic E-state index is -0.297. The van der Waals surface area contributed by atoms with Crippen molar-refractivity contribution >= 4 is 35.1 Å². The lowest BCUT2D eigenvalue weighted by atomic mass is 10.2. The van der Waals surface area contributed by atoms with E-state index < -0.39 is 0 Å². The number of amides is 2. The van der Waals surface area contributed by atoms with E-state index in [1.807, 2.05) is 37.3 Å². The van der Waals surface area contributed by atoms with Gasteiger partial charge in [-0.3, -0.25) is 9.59 Å². The quantitative estimate of drug-likeness (QED) is 0.565. The maximum atomic E-state index is 12.4. The van der Waals surface area contributed by atoms with Crippen LogP contribution in [0, 0.1) is 0 Å². The van der Waals surface area contributed by atoms with Gasteiger partial charge >= 0.3 is 0 Å². The van der Waals surface area contributed by atoms with Crippen molar-refractivity contribution in [3.05, 3.63) is 78.5 Å². The van der Waals surface area contributed by atoms with Crippen LogP contribution < -0.4 is 15.4 Å². The number of hydrogen-bond acceptors (Lipinski definition) is 5. The monoisotopic (exact) mass is 407 g/mol. The highest BCUT2D eigenvalue weighted by atomic mass is 32.2. The number of pyridine rings is 1. The van der Waals surface area contributed by atoms with Crippen molar-refractivity contribution in [1.82, 2.24) is 4.98 Å². The third kappa shape index (κ3) is 5.83. The molecule has 1 unspecified atom stereocenters. The molecule has 29 heavy (non-hydrogen) atoms. The molecule has 3 rings (SSSR count). The number of aromatic nitrogens is 1. The Kier molecular flexibility index (Phi) is 6.86. The zero-order valence-electron chi connectivity index (χ0n) is 16.1. The molecule has 0 radical (unpaired) electrons. The predicted octanol–water partition coefficient (Wildman–Crippen LogP) is 4.46. The number of hydrogen-bond donors (Lipinski definition) is 2. The molecule has 1 aromatic heterocycles. The van der Waals surface area contributed by atoms with Gasteiger partial charge in [0.1, 0.15) is 11.6 Å². The summed E-state index contributed by atoms with van der Waals surface area (Å²) in [5.74, 6) is 0.819. The standard InChI is InChI=1S/C22H21N3O3S/c1-15(21(26)25-20-8-3-4-13-23-20)29-19-11-9-17(10-12-19)24-22(27)16-6-5-7-18(14-16)28-2/h3-15H,1-2H3,(H,24,27)(H,23,25,26). The molecule has 0 spiro atoms. The van der Waals surface area contributed by atoms with Gasteiger partial charge in [-0.05, 0) is 61.5 Å². The van der Waals surface area contributed by atoms with Crippen LogP contribution in [-0.2, 0) is 4.79 Å². The Bertz CT molecular complexity index is 978. The third-order valence-corrected chi connectivity index (χ3v) is 5.15. The van der Waals surface area contributed by atoms with E-state index in [0.717, 1.165) is 4.90 Å². The lowest BCUT2D eigenvalue weighted by molar-refractivity contribution is -0.115. The zero-order valence-corrected chi connectivity index (χ0v) is 16.9. The molecule has 2 amide bonds. The first-order chi connectivity index (χ1) is 14.0. The van der Waals surface area contributed by atoms with Crippen LogP contribution >= 0.6 is 11.8 Å². The van der Waals surface area contributed by atoms with Crippen LogP contribution in [0.4, 0.5) is 11.5 Å². The van der Waals surface area contributed by atoms with Gasteiger partial charge in [-0.15, -0.1) is 11.8 Å². The van der Waals surface area contributed by atoms with Gasteiger partial charge in [-0.25, -0.2) is 4.98 Å². The lowest BCUT2D eigenvalue weighted by Gasteiger charge is -2.12. The number of ether oxygens (including phenoxy) is 1. The molecule has 0 aliphatic heterocycles. The number of benzene rings is 2. The lowest BCUT2D eigenvalue weighted by Crippen LogP contribution is -2.22. The summed E-state index contributed by atoms with van der Waals surface area (Å²) in [4.78, 5) is 29.7.